The third-order valence-electron chi connectivity index (χ3n) is 4.63. The van der Waals surface area contributed by atoms with Crippen LogP contribution in [0.25, 0.3) is 0 Å². The minimum atomic E-state index is -0.421. The first-order chi connectivity index (χ1) is 11.7. The van der Waals surface area contributed by atoms with Crippen molar-refractivity contribution < 1.29 is 9.90 Å². The molecule has 1 amide bonds. The van der Waals surface area contributed by atoms with Crippen LogP contribution in [0.4, 0.5) is 0 Å². The maximum atomic E-state index is 12.2. The molecule has 24 heavy (non-hydrogen) atoms. The molecule has 1 fully saturated rings. The van der Waals surface area contributed by atoms with Gasteiger partial charge >= 0.3 is 0 Å². The molecule has 0 saturated carbocycles. The van der Waals surface area contributed by atoms with Crippen LogP contribution in [-0.4, -0.2) is 41.7 Å². The van der Waals surface area contributed by atoms with Crippen molar-refractivity contribution in [3.05, 3.63) is 35.4 Å². The van der Waals surface area contributed by atoms with Gasteiger partial charge in [-0.1, -0.05) is 25.5 Å². The molecule has 0 spiro atoms. The van der Waals surface area contributed by atoms with E-state index in [1.165, 1.54) is 5.56 Å². The third kappa shape index (κ3) is 5.33. The average molecular weight is 329 g/mol. The van der Waals surface area contributed by atoms with Crippen LogP contribution in [0, 0.1) is 17.2 Å². The molecule has 1 unspecified atom stereocenters. The Labute approximate surface area is 144 Å². The Morgan fingerprint density at radius 3 is 2.58 bits per heavy atom. The lowest BCUT2D eigenvalue weighted by atomic mass is 9.97. The average Bonchev–Trinajstić information content (AvgIpc) is 2.62. The number of benzene rings is 1. The molecule has 0 bridgehead atoms. The molecular formula is C19H27N3O2. The first kappa shape index (κ1) is 18.4. The number of nitriles is 1. The summed E-state index contributed by atoms with van der Waals surface area (Å²) in [6, 6.07) is 9.31. The van der Waals surface area contributed by atoms with Crippen molar-refractivity contribution in [3.8, 4) is 6.07 Å². The Hall–Kier alpha value is -1.90. The van der Waals surface area contributed by atoms with Crippen molar-refractivity contribution in [2.45, 2.75) is 45.2 Å². The zero-order valence-corrected chi connectivity index (χ0v) is 14.4. The van der Waals surface area contributed by atoms with Gasteiger partial charge in [0.2, 0.25) is 0 Å². The minimum Gasteiger partial charge on any atom is -0.396 e. The van der Waals surface area contributed by atoms with E-state index in [2.05, 4.69) is 16.3 Å². The highest BCUT2D eigenvalue weighted by molar-refractivity contribution is 5.94. The SMILES string of the molecule is CCCC(C#N)NC(=O)c1ccc(CN2CCC(CO)CC2)cc1. The number of nitrogens with zero attached hydrogens (tertiary/aromatic N) is 2. The summed E-state index contributed by atoms with van der Waals surface area (Å²) < 4.78 is 0. The molecule has 1 aliphatic heterocycles. The fourth-order valence-electron chi connectivity index (χ4n) is 3.05. The summed E-state index contributed by atoms with van der Waals surface area (Å²) in [5, 5.41) is 21.0. The quantitative estimate of drug-likeness (QED) is 0.805. The lowest BCUT2D eigenvalue weighted by Crippen LogP contribution is -2.34. The van der Waals surface area contributed by atoms with Crippen LogP contribution in [0.1, 0.15) is 48.5 Å². The fourth-order valence-corrected chi connectivity index (χ4v) is 3.05. The summed E-state index contributed by atoms with van der Waals surface area (Å²) in [5.41, 5.74) is 1.77. The highest BCUT2D eigenvalue weighted by Crippen LogP contribution is 2.18. The van der Waals surface area contributed by atoms with Crippen molar-refractivity contribution in [1.29, 1.82) is 5.26 Å². The van der Waals surface area contributed by atoms with E-state index < -0.39 is 6.04 Å². The maximum absolute atomic E-state index is 12.2. The minimum absolute atomic E-state index is 0.190. The lowest BCUT2D eigenvalue weighted by Gasteiger charge is -2.31. The highest BCUT2D eigenvalue weighted by Gasteiger charge is 2.18. The van der Waals surface area contributed by atoms with Gasteiger partial charge in [-0.2, -0.15) is 5.26 Å². The molecule has 130 valence electrons. The Bertz CT molecular complexity index is 557. The van der Waals surface area contributed by atoms with Gasteiger partial charge in [0.1, 0.15) is 6.04 Å². The number of hydrogen-bond acceptors (Lipinski definition) is 4. The van der Waals surface area contributed by atoms with Gasteiger partial charge in [0, 0.05) is 18.7 Å². The second-order valence-corrected chi connectivity index (χ2v) is 6.54. The van der Waals surface area contributed by atoms with Crippen LogP contribution < -0.4 is 5.32 Å². The zero-order chi connectivity index (χ0) is 17.4. The van der Waals surface area contributed by atoms with E-state index in [-0.39, 0.29) is 5.91 Å². The fraction of sp³-hybridized carbons (Fsp3) is 0.579. The van der Waals surface area contributed by atoms with Crippen LogP contribution in [0.15, 0.2) is 24.3 Å². The standard InChI is InChI=1S/C19H27N3O2/c1-2-3-18(12-20)21-19(24)17-6-4-15(5-7-17)13-22-10-8-16(14-23)9-11-22/h4-7,16,18,23H,2-3,8-11,13-14H2,1H3,(H,21,24). The van der Waals surface area contributed by atoms with Crippen molar-refractivity contribution in [3.63, 3.8) is 0 Å². The van der Waals surface area contributed by atoms with Crippen molar-refractivity contribution in [2.75, 3.05) is 19.7 Å². The zero-order valence-electron chi connectivity index (χ0n) is 14.4. The Balaban J connectivity index is 1.86. The Kier molecular flexibility index (Phi) is 7.23. The second-order valence-electron chi connectivity index (χ2n) is 6.54. The predicted octanol–water partition coefficient (Wildman–Crippen LogP) is 2.31. The molecule has 1 aliphatic rings. The van der Waals surface area contributed by atoms with Gasteiger partial charge in [0.05, 0.1) is 6.07 Å². The summed E-state index contributed by atoms with van der Waals surface area (Å²) in [6.07, 6.45) is 3.63. The number of carbonyl (C=O) groups is 1. The number of carbonyl (C=O) groups excluding carboxylic acids is 1. The lowest BCUT2D eigenvalue weighted by molar-refractivity contribution is 0.0944. The van der Waals surface area contributed by atoms with E-state index in [9.17, 15) is 9.90 Å². The third-order valence-corrected chi connectivity index (χ3v) is 4.63. The molecule has 2 rings (SSSR count). The molecule has 0 radical (unpaired) electrons. The normalized spacial score (nSPS) is 17.2. The van der Waals surface area contributed by atoms with E-state index in [0.717, 1.165) is 38.9 Å². The molecule has 2 N–H and O–H groups in total. The molecule has 1 heterocycles. The predicted molar refractivity (Wildman–Crippen MR) is 93.3 cm³/mol. The number of piperidine rings is 1. The number of nitrogens with one attached hydrogen (secondary N) is 1. The van der Waals surface area contributed by atoms with Gasteiger partial charge in [-0.15, -0.1) is 0 Å². The van der Waals surface area contributed by atoms with Gasteiger partial charge in [-0.05, 0) is 56.0 Å². The molecule has 0 aromatic heterocycles. The number of rotatable bonds is 7. The summed E-state index contributed by atoms with van der Waals surface area (Å²) in [5.74, 6) is 0.258. The molecule has 1 aromatic rings. The molecule has 0 aliphatic carbocycles. The van der Waals surface area contributed by atoms with Crippen LogP contribution in [0.2, 0.25) is 0 Å². The Morgan fingerprint density at radius 2 is 2.04 bits per heavy atom. The van der Waals surface area contributed by atoms with Gasteiger partial charge in [-0.25, -0.2) is 0 Å². The largest absolute Gasteiger partial charge is 0.396 e. The molecule has 1 atom stereocenters. The van der Waals surface area contributed by atoms with Gasteiger partial charge < -0.3 is 10.4 Å². The van der Waals surface area contributed by atoms with Crippen LogP contribution >= 0.6 is 0 Å². The van der Waals surface area contributed by atoms with E-state index in [1.807, 2.05) is 31.2 Å². The van der Waals surface area contributed by atoms with Crippen LogP contribution in [0.5, 0.6) is 0 Å². The topological polar surface area (TPSA) is 76.4 Å². The van der Waals surface area contributed by atoms with Crippen molar-refractivity contribution in [1.82, 2.24) is 10.2 Å². The number of aliphatic hydroxyl groups is 1. The number of aliphatic hydroxyl groups excluding tert-OH is 1. The van der Waals surface area contributed by atoms with Gasteiger partial charge in [0.25, 0.3) is 5.91 Å². The van der Waals surface area contributed by atoms with Crippen LogP contribution in [0.3, 0.4) is 0 Å². The number of likely N-dealkylation sites (tertiary alicyclic amines) is 1. The molecule has 1 saturated heterocycles. The monoisotopic (exact) mass is 329 g/mol. The summed E-state index contributed by atoms with van der Waals surface area (Å²) >= 11 is 0. The maximum Gasteiger partial charge on any atom is 0.252 e. The number of hydrogen-bond donors (Lipinski definition) is 2. The smallest absolute Gasteiger partial charge is 0.252 e. The first-order valence-electron chi connectivity index (χ1n) is 8.79. The molecule has 1 aromatic carbocycles. The van der Waals surface area contributed by atoms with Gasteiger partial charge in [-0.3, -0.25) is 9.69 Å². The second kappa shape index (κ2) is 9.41. The van der Waals surface area contributed by atoms with E-state index in [4.69, 9.17) is 5.26 Å². The molecule has 5 heteroatoms. The Morgan fingerprint density at radius 1 is 1.38 bits per heavy atom. The van der Waals surface area contributed by atoms with Crippen molar-refractivity contribution in [2.24, 2.45) is 5.92 Å². The van der Waals surface area contributed by atoms with Crippen LogP contribution in [-0.2, 0) is 6.54 Å². The number of amides is 1. The highest BCUT2D eigenvalue weighted by atomic mass is 16.3. The summed E-state index contributed by atoms with van der Waals surface area (Å²) in [6.45, 7) is 5.17. The van der Waals surface area contributed by atoms with E-state index in [0.29, 0.717) is 24.5 Å². The van der Waals surface area contributed by atoms with Crippen molar-refractivity contribution >= 4 is 5.91 Å². The summed E-state index contributed by atoms with van der Waals surface area (Å²) in [4.78, 5) is 14.5. The molecular weight excluding hydrogens is 302 g/mol. The van der Waals surface area contributed by atoms with Gasteiger partial charge in [0.15, 0.2) is 0 Å². The molecule has 5 nitrogen and oxygen atoms in total. The van der Waals surface area contributed by atoms with E-state index >= 15 is 0 Å². The summed E-state index contributed by atoms with van der Waals surface area (Å²) in [7, 11) is 0. The van der Waals surface area contributed by atoms with E-state index in [1.54, 1.807) is 0 Å². The first-order valence-corrected chi connectivity index (χ1v) is 8.79.